The molecule has 0 bridgehead atoms. The van der Waals surface area contributed by atoms with Crippen LogP contribution in [0.25, 0.3) is 10.9 Å². The number of nitrogens with one attached hydrogen (secondary N) is 1. The minimum atomic E-state index is -0.241. The van der Waals surface area contributed by atoms with Crippen molar-refractivity contribution in [1.82, 2.24) is 9.88 Å². The standard InChI is InChI=1S/C25H27ClN2O3/c1-30-19-9-6-17(7-10-19)24-23-20(21-14-18(26)8-11-22(21)27-23)12-13-28(24)25(29)31-15-16-4-2-3-5-16/h6-11,14,16,24,27H,2-5,12-13,15H2,1H3. The highest BCUT2D eigenvalue weighted by Crippen LogP contribution is 2.40. The van der Waals surface area contributed by atoms with E-state index >= 15 is 0 Å². The lowest BCUT2D eigenvalue weighted by molar-refractivity contribution is 0.0763. The second-order valence-corrected chi connectivity index (χ2v) is 8.99. The Morgan fingerprint density at radius 1 is 1.16 bits per heavy atom. The number of halogens is 1. The Morgan fingerprint density at radius 3 is 2.68 bits per heavy atom. The van der Waals surface area contributed by atoms with Crippen LogP contribution >= 0.6 is 11.6 Å². The molecule has 1 aromatic heterocycles. The fourth-order valence-electron chi connectivity index (χ4n) is 5.04. The summed E-state index contributed by atoms with van der Waals surface area (Å²) in [6, 6.07) is 13.6. The van der Waals surface area contributed by atoms with Gasteiger partial charge in [-0.2, -0.15) is 0 Å². The summed E-state index contributed by atoms with van der Waals surface area (Å²) >= 11 is 6.28. The molecule has 0 saturated heterocycles. The molecule has 1 fully saturated rings. The lowest BCUT2D eigenvalue weighted by Gasteiger charge is -2.35. The number of carbonyl (C=O) groups is 1. The third kappa shape index (κ3) is 3.87. The van der Waals surface area contributed by atoms with Gasteiger partial charge in [0, 0.05) is 28.2 Å². The first-order valence-corrected chi connectivity index (χ1v) is 11.4. The van der Waals surface area contributed by atoms with E-state index < -0.39 is 0 Å². The highest BCUT2D eigenvalue weighted by atomic mass is 35.5. The topological polar surface area (TPSA) is 54.6 Å². The van der Waals surface area contributed by atoms with Gasteiger partial charge >= 0.3 is 6.09 Å². The van der Waals surface area contributed by atoms with Crippen LogP contribution in [-0.2, 0) is 11.2 Å². The van der Waals surface area contributed by atoms with Gasteiger partial charge in [-0.25, -0.2) is 4.79 Å². The van der Waals surface area contributed by atoms with Gasteiger partial charge in [0.15, 0.2) is 0 Å². The van der Waals surface area contributed by atoms with Crippen molar-refractivity contribution >= 4 is 28.6 Å². The van der Waals surface area contributed by atoms with Gasteiger partial charge in [0.25, 0.3) is 0 Å². The summed E-state index contributed by atoms with van der Waals surface area (Å²) in [4.78, 5) is 18.6. The van der Waals surface area contributed by atoms with Crippen LogP contribution in [0.5, 0.6) is 5.75 Å². The molecular formula is C25H27ClN2O3. The Kier molecular flexibility index (Phi) is 5.53. The van der Waals surface area contributed by atoms with E-state index in [0.717, 1.165) is 47.2 Å². The number of methoxy groups -OCH3 is 1. The Balaban J connectivity index is 1.51. The molecule has 31 heavy (non-hydrogen) atoms. The predicted octanol–water partition coefficient (Wildman–Crippen LogP) is 6.10. The largest absolute Gasteiger partial charge is 0.497 e. The summed E-state index contributed by atoms with van der Waals surface area (Å²) in [5.41, 5.74) is 4.32. The number of hydrogen-bond donors (Lipinski definition) is 1. The zero-order chi connectivity index (χ0) is 21.4. The molecule has 1 saturated carbocycles. The number of rotatable bonds is 4. The summed E-state index contributed by atoms with van der Waals surface area (Å²) in [7, 11) is 1.65. The molecule has 0 radical (unpaired) electrons. The molecule has 162 valence electrons. The lowest BCUT2D eigenvalue weighted by atomic mass is 9.92. The number of aromatic amines is 1. The maximum Gasteiger partial charge on any atom is 0.410 e. The monoisotopic (exact) mass is 438 g/mol. The molecule has 2 heterocycles. The molecule has 2 aliphatic rings. The molecule has 0 spiro atoms. The van der Waals surface area contributed by atoms with Crippen molar-refractivity contribution < 1.29 is 14.3 Å². The van der Waals surface area contributed by atoms with Crippen LogP contribution in [0.1, 0.15) is 48.5 Å². The van der Waals surface area contributed by atoms with E-state index in [1.54, 1.807) is 7.11 Å². The third-order valence-electron chi connectivity index (χ3n) is 6.67. The fraction of sp³-hybridized carbons (Fsp3) is 0.400. The summed E-state index contributed by atoms with van der Waals surface area (Å²) in [5.74, 6) is 1.29. The molecular weight excluding hydrogens is 412 g/mol. The minimum Gasteiger partial charge on any atom is -0.497 e. The molecule has 1 N–H and O–H groups in total. The van der Waals surface area contributed by atoms with E-state index in [-0.39, 0.29) is 12.1 Å². The Hall–Kier alpha value is -2.66. The molecule has 6 heteroatoms. The second-order valence-electron chi connectivity index (χ2n) is 8.55. The molecule has 1 amide bonds. The van der Waals surface area contributed by atoms with Crippen LogP contribution in [-0.4, -0.2) is 36.2 Å². The SMILES string of the molecule is COc1ccc(C2c3[nH]c4ccc(Cl)cc4c3CCN2C(=O)OCC2CCCC2)cc1. The minimum absolute atomic E-state index is 0.239. The maximum absolute atomic E-state index is 13.2. The fourth-order valence-corrected chi connectivity index (χ4v) is 5.21. The number of ether oxygens (including phenoxy) is 2. The van der Waals surface area contributed by atoms with Gasteiger partial charge in [0.2, 0.25) is 0 Å². The smallest absolute Gasteiger partial charge is 0.410 e. The average molecular weight is 439 g/mol. The van der Waals surface area contributed by atoms with Crippen molar-refractivity contribution in [3.63, 3.8) is 0 Å². The first kappa shape index (κ1) is 20.3. The van der Waals surface area contributed by atoms with Gasteiger partial charge in [-0.3, -0.25) is 4.90 Å². The Bertz CT molecular complexity index is 1090. The third-order valence-corrected chi connectivity index (χ3v) is 6.91. The molecule has 1 atom stereocenters. The number of carbonyl (C=O) groups excluding carboxylic acids is 1. The second kappa shape index (κ2) is 8.46. The van der Waals surface area contributed by atoms with E-state index in [0.29, 0.717) is 24.1 Å². The number of benzene rings is 2. The number of nitrogens with zero attached hydrogens (tertiary/aromatic N) is 1. The van der Waals surface area contributed by atoms with E-state index in [9.17, 15) is 4.79 Å². The number of fused-ring (bicyclic) bond motifs is 3. The number of H-pyrrole nitrogens is 1. The number of hydrogen-bond acceptors (Lipinski definition) is 3. The van der Waals surface area contributed by atoms with Gasteiger partial charge in [-0.05, 0) is 66.6 Å². The zero-order valence-corrected chi connectivity index (χ0v) is 18.5. The molecule has 1 unspecified atom stereocenters. The van der Waals surface area contributed by atoms with Crippen LogP contribution in [0.3, 0.4) is 0 Å². The summed E-state index contributed by atoms with van der Waals surface area (Å²) < 4.78 is 11.1. The van der Waals surface area contributed by atoms with Crippen LogP contribution in [0.4, 0.5) is 4.79 Å². The predicted molar refractivity (Wildman–Crippen MR) is 122 cm³/mol. The first-order valence-electron chi connectivity index (χ1n) is 11.0. The van der Waals surface area contributed by atoms with Gasteiger partial charge in [-0.15, -0.1) is 0 Å². The molecule has 3 aromatic rings. The lowest BCUT2D eigenvalue weighted by Crippen LogP contribution is -2.41. The van der Waals surface area contributed by atoms with E-state index in [2.05, 4.69) is 4.98 Å². The highest BCUT2D eigenvalue weighted by molar-refractivity contribution is 6.31. The normalized spacial score (nSPS) is 18.9. The molecule has 2 aromatic carbocycles. The van der Waals surface area contributed by atoms with Crippen molar-refractivity contribution in [3.8, 4) is 5.75 Å². The van der Waals surface area contributed by atoms with Crippen LogP contribution in [0, 0.1) is 5.92 Å². The van der Waals surface area contributed by atoms with Crippen molar-refractivity contribution in [2.45, 2.75) is 38.1 Å². The van der Waals surface area contributed by atoms with Crippen LogP contribution in [0.2, 0.25) is 5.02 Å². The average Bonchev–Trinajstić information content (AvgIpc) is 3.44. The number of aromatic nitrogens is 1. The van der Waals surface area contributed by atoms with Gasteiger partial charge in [-0.1, -0.05) is 36.6 Å². The van der Waals surface area contributed by atoms with Crippen molar-refractivity contribution in [3.05, 3.63) is 64.3 Å². The van der Waals surface area contributed by atoms with Crippen molar-refractivity contribution in [2.24, 2.45) is 5.92 Å². The highest BCUT2D eigenvalue weighted by Gasteiger charge is 2.36. The first-order chi connectivity index (χ1) is 15.1. The molecule has 1 aliphatic carbocycles. The quantitative estimate of drug-likeness (QED) is 0.535. The summed E-state index contributed by atoms with van der Waals surface area (Å²) in [6.45, 7) is 1.12. The zero-order valence-electron chi connectivity index (χ0n) is 17.7. The van der Waals surface area contributed by atoms with Gasteiger partial charge in [0.1, 0.15) is 11.8 Å². The van der Waals surface area contributed by atoms with E-state index in [1.807, 2.05) is 47.4 Å². The van der Waals surface area contributed by atoms with E-state index in [1.165, 1.54) is 18.4 Å². The molecule has 1 aliphatic heterocycles. The maximum atomic E-state index is 13.2. The summed E-state index contributed by atoms with van der Waals surface area (Å²) in [5, 5.41) is 1.84. The molecule has 5 rings (SSSR count). The number of amides is 1. The van der Waals surface area contributed by atoms with Crippen molar-refractivity contribution in [2.75, 3.05) is 20.3 Å². The van der Waals surface area contributed by atoms with Crippen LogP contribution in [0.15, 0.2) is 42.5 Å². The van der Waals surface area contributed by atoms with E-state index in [4.69, 9.17) is 21.1 Å². The summed E-state index contributed by atoms with van der Waals surface area (Å²) in [6.07, 6.45) is 5.31. The van der Waals surface area contributed by atoms with Gasteiger partial charge in [0.05, 0.1) is 13.7 Å². The Morgan fingerprint density at radius 2 is 1.94 bits per heavy atom. The molecule has 5 nitrogen and oxygen atoms in total. The Labute approximate surface area is 187 Å². The van der Waals surface area contributed by atoms with Gasteiger partial charge < -0.3 is 14.5 Å². The van der Waals surface area contributed by atoms with Crippen molar-refractivity contribution in [1.29, 1.82) is 0 Å². The van der Waals surface area contributed by atoms with Crippen LogP contribution < -0.4 is 4.74 Å².